The maximum Gasteiger partial charge on any atom is 0.226 e. The third-order valence-corrected chi connectivity index (χ3v) is 4.35. The Morgan fingerprint density at radius 2 is 2.00 bits per heavy atom. The molecule has 0 aromatic heterocycles. The Bertz CT molecular complexity index is 825. The van der Waals surface area contributed by atoms with Gasteiger partial charge in [-0.3, -0.25) is 4.79 Å². The summed E-state index contributed by atoms with van der Waals surface area (Å²) in [5.41, 5.74) is 7.52. The number of amides is 1. The summed E-state index contributed by atoms with van der Waals surface area (Å²) in [6, 6.07) is 12.5. The van der Waals surface area contributed by atoms with E-state index in [1.807, 2.05) is 19.1 Å². The van der Waals surface area contributed by atoms with E-state index in [9.17, 15) is 4.79 Å². The maximum atomic E-state index is 11.9. The fourth-order valence-corrected chi connectivity index (χ4v) is 3.32. The molecule has 116 valence electrons. The highest BCUT2D eigenvalue weighted by molar-refractivity contribution is 6.00. The number of nitrogens with one attached hydrogen (secondary N) is 3. The summed E-state index contributed by atoms with van der Waals surface area (Å²) in [5.74, 6) is 0.0513. The van der Waals surface area contributed by atoms with Crippen LogP contribution >= 0.6 is 0 Å². The molecule has 0 saturated carbocycles. The normalized spacial score (nSPS) is 19.1. The Balaban J connectivity index is 1.82. The predicted octanol–water partition coefficient (Wildman–Crippen LogP) is 3.98. The van der Waals surface area contributed by atoms with Gasteiger partial charge in [0.2, 0.25) is 5.91 Å². The molecule has 0 radical (unpaired) electrons. The van der Waals surface area contributed by atoms with Gasteiger partial charge in [0.25, 0.3) is 0 Å². The summed E-state index contributed by atoms with van der Waals surface area (Å²) >= 11 is 0. The molecule has 1 amide bonds. The van der Waals surface area contributed by atoms with Crippen LogP contribution in [0, 0.1) is 0 Å². The number of hydrogen-bond acceptors (Lipinski definition) is 3. The van der Waals surface area contributed by atoms with Crippen LogP contribution in [0.1, 0.15) is 18.9 Å². The fourth-order valence-electron chi connectivity index (χ4n) is 3.32. The fraction of sp³-hybridized carbons (Fsp3) is 0.211. The summed E-state index contributed by atoms with van der Waals surface area (Å²) in [6.45, 7) is 6.03. The van der Waals surface area contributed by atoms with Gasteiger partial charge in [0.15, 0.2) is 0 Å². The van der Waals surface area contributed by atoms with E-state index in [0.29, 0.717) is 6.42 Å². The van der Waals surface area contributed by atoms with Crippen LogP contribution in [0.2, 0.25) is 0 Å². The van der Waals surface area contributed by atoms with E-state index < -0.39 is 0 Å². The molecular weight excluding hydrogens is 286 g/mol. The van der Waals surface area contributed by atoms with Crippen LogP contribution in [0.15, 0.2) is 48.7 Å². The van der Waals surface area contributed by atoms with Crippen molar-refractivity contribution < 1.29 is 4.79 Å². The molecule has 1 atom stereocenters. The van der Waals surface area contributed by atoms with E-state index in [4.69, 9.17) is 0 Å². The quantitative estimate of drug-likeness (QED) is 0.747. The molecule has 3 N–H and O–H groups in total. The molecule has 2 aliphatic rings. The molecule has 0 aliphatic carbocycles. The van der Waals surface area contributed by atoms with E-state index in [1.54, 1.807) is 0 Å². The Hall–Kier alpha value is -2.75. The van der Waals surface area contributed by atoms with Gasteiger partial charge in [-0.2, -0.15) is 0 Å². The third-order valence-electron chi connectivity index (χ3n) is 4.35. The highest BCUT2D eigenvalue weighted by Crippen LogP contribution is 2.39. The van der Waals surface area contributed by atoms with E-state index in [1.165, 1.54) is 5.56 Å². The van der Waals surface area contributed by atoms with Crippen LogP contribution in [0.5, 0.6) is 0 Å². The standard InChI is InChI=1S/C19H19N3O/c1-11-8-14-10-13(6-7-16(14)20-11)15-4-3-5-17-19(15)21-12(2)9-18(23)22-17/h3-7,10,12,20-21H,1,8-9H2,2H3,(H,22,23)/t12-/m1/s1. The summed E-state index contributed by atoms with van der Waals surface area (Å²) < 4.78 is 0. The lowest BCUT2D eigenvalue weighted by molar-refractivity contribution is -0.116. The SMILES string of the molecule is C=C1Cc2cc(-c3cccc4c3N[C@H](C)CC(=O)N4)ccc2N1. The van der Waals surface area contributed by atoms with Crippen molar-refractivity contribution >= 4 is 23.0 Å². The van der Waals surface area contributed by atoms with Crippen molar-refractivity contribution in [2.45, 2.75) is 25.8 Å². The molecule has 0 unspecified atom stereocenters. The van der Waals surface area contributed by atoms with Gasteiger partial charge >= 0.3 is 0 Å². The van der Waals surface area contributed by atoms with Crippen LogP contribution < -0.4 is 16.0 Å². The van der Waals surface area contributed by atoms with Crippen molar-refractivity contribution in [3.63, 3.8) is 0 Å². The lowest BCUT2D eigenvalue weighted by atomic mass is 9.99. The van der Waals surface area contributed by atoms with Gasteiger partial charge in [0, 0.05) is 35.8 Å². The Kier molecular flexibility index (Phi) is 3.11. The molecule has 0 spiro atoms. The lowest BCUT2D eigenvalue weighted by Crippen LogP contribution is -2.19. The van der Waals surface area contributed by atoms with E-state index in [-0.39, 0.29) is 11.9 Å². The van der Waals surface area contributed by atoms with Crippen molar-refractivity contribution in [3.8, 4) is 11.1 Å². The van der Waals surface area contributed by atoms with Crippen molar-refractivity contribution in [1.29, 1.82) is 0 Å². The third kappa shape index (κ3) is 2.46. The van der Waals surface area contributed by atoms with Crippen LogP contribution in [0.3, 0.4) is 0 Å². The minimum atomic E-state index is 0.0513. The number of benzene rings is 2. The molecule has 0 bridgehead atoms. The Labute approximate surface area is 135 Å². The smallest absolute Gasteiger partial charge is 0.226 e. The zero-order valence-electron chi connectivity index (χ0n) is 13.1. The number of carbonyl (C=O) groups is 1. The molecule has 4 heteroatoms. The van der Waals surface area contributed by atoms with Gasteiger partial charge < -0.3 is 16.0 Å². The van der Waals surface area contributed by atoms with Crippen molar-refractivity contribution in [3.05, 3.63) is 54.2 Å². The van der Waals surface area contributed by atoms with Crippen LogP contribution in [0.25, 0.3) is 11.1 Å². The molecule has 23 heavy (non-hydrogen) atoms. The average Bonchev–Trinajstić information content (AvgIpc) is 2.79. The monoisotopic (exact) mass is 305 g/mol. The number of allylic oxidation sites excluding steroid dienone is 1. The average molecular weight is 305 g/mol. The number of rotatable bonds is 1. The highest BCUT2D eigenvalue weighted by atomic mass is 16.1. The number of anilines is 3. The van der Waals surface area contributed by atoms with Gasteiger partial charge in [0.05, 0.1) is 11.4 Å². The molecule has 2 aromatic rings. The first kappa shape index (κ1) is 13.9. The van der Waals surface area contributed by atoms with Gasteiger partial charge in [-0.25, -0.2) is 0 Å². The largest absolute Gasteiger partial charge is 0.380 e. The van der Waals surface area contributed by atoms with Gasteiger partial charge in [-0.05, 0) is 36.2 Å². The minimum Gasteiger partial charge on any atom is -0.380 e. The summed E-state index contributed by atoms with van der Waals surface area (Å²) in [5, 5.41) is 9.77. The second-order valence-corrected chi connectivity index (χ2v) is 6.30. The summed E-state index contributed by atoms with van der Waals surface area (Å²) in [7, 11) is 0. The van der Waals surface area contributed by atoms with Crippen LogP contribution in [0.4, 0.5) is 17.1 Å². The molecule has 2 heterocycles. The first-order chi connectivity index (χ1) is 11.1. The zero-order valence-corrected chi connectivity index (χ0v) is 13.1. The molecule has 0 fully saturated rings. The molecule has 2 aliphatic heterocycles. The molecule has 4 nitrogen and oxygen atoms in total. The molecule has 2 aromatic carbocycles. The van der Waals surface area contributed by atoms with Crippen molar-refractivity contribution in [2.75, 3.05) is 16.0 Å². The Morgan fingerprint density at radius 3 is 2.87 bits per heavy atom. The second-order valence-electron chi connectivity index (χ2n) is 6.30. The van der Waals surface area contributed by atoms with Crippen LogP contribution in [-0.2, 0) is 11.2 Å². The number of carbonyl (C=O) groups excluding carboxylic acids is 1. The topological polar surface area (TPSA) is 53.2 Å². The molecule has 4 rings (SSSR count). The highest BCUT2D eigenvalue weighted by Gasteiger charge is 2.21. The minimum absolute atomic E-state index is 0.0513. The zero-order chi connectivity index (χ0) is 16.0. The van der Waals surface area contributed by atoms with E-state index >= 15 is 0 Å². The van der Waals surface area contributed by atoms with Crippen LogP contribution in [-0.4, -0.2) is 11.9 Å². The predicted molar refractivity (Wildman–Crippen MR) is 94.7 cm³/mol. The van der Waals surface area contributed by atoms with E-state index in [0.717, 1.165) is 40.3 Å². The number of hydrogen-bond donors (Lipinski definition) is 3. The van der Waals surface area contributed by atoms with Crippen molar-refractivity contribution in [2.24, 2.45) is 0 Å². The first-order valence-electron chi connectivity index (χ1n) is 7.87. The number of fused-ring (bicyclic) bond motifs is 2. The molecule has 0 saturated heterocycles. The van der Waals surface area contributed by atoms with Gasteiger partial charge in [-0.15, -0.1) is 0 Å². The lowest BCUT2D eigenvalue weighted by Gasteiger charge is -2.17. The van der Waals surface area contributed by atoms with Gasteiger partial charge in [-0.1, -0.05) is 24.8 Å². The maximum absolute atomic E-state index is 11.9. The summed E-state index contributed by atoms with van der Waals surface area (Å²) in [4.78, 5) is 11.9. The molecular formula is C19H19N3O. The number of para-hydroxylation sites is 1. The summed E-state index contributed by atoms with van der Waals surface area (Å²) in [6.07, 6.45) is 1.33. The second kappa shape index (κ2) is 5.16. The van der Waals surface area contributed by atoms with E-state index in [2.05, 4.69) is 46.8 Å². The van der Waals surface area contributed by atoms with Gasteiger partial charge in [0.1, 0.15) is 0 Å². The van der Waals surface area contributed by atoms with Crippen molar-refractivity contribution in [1.82, 2.24) is 0 Å². The Morgan fingerprint density at radius 1 is 1.13 bits per heavy atom. The first-order valence-corrected chi connectivity index (χ1v) is 7.87.